The molecule has 20 heavy (non-hydrogen) atoms. The van der Waals surface area contributed by atoms with Gasteiger partial charge in [0.15, 0.2) is 0 Å². The average molecular weight is 291 g/mol. The number of benzene rings is 2. The third-order valence-electron chi connectivity index (χ3n) is 3.93. The molecule has 1 unspecified atom stereocenters. The zero-order valence-corrected chi connectivity index (χ0v) is 12.1. The summed E-state index contributed by atoms with van der Waals surface area (Å²) < 4.78 is 0. The summed E-state index contributed by atoms with van der Waals surface area (Å²) in [5.74, 6) is 0.116. The number of likely N-dealkylation sites (tertiary alicyclic amines) is 1. The van der Waals surface area contributed by atoms with Gasteiger partial charge >= 0.3 is 0 Å². The van der Waals surface area contributed by atoms with Crippen LogP contribution in [0.3, 0.4) is 0 Å². The van der Waals surface area contributed by atoms with Gasteiger partial charge in [-0.15, -0.1) is 12.4 Å². The number of hydrogen-bond donors (Lipinski definition) is 1. The third-order valence-corrected chi connectivity index (χ3v) is 3.93. The Morgan fingerprint density at radius 3 is 2.75 bits per heavy atom. The Morgan fingerprint density at radius 1 is 1.20 bits per heavy atom. The number of carbonyl (C=O) groups is 1. The SMILES string of the molecule is Cl.NCC1CCCN1C(=O)c1cccc2ccccc12. The number of hydrogen-bond acceptors (Lipinski definition) is 2. The van der Waals surface area contributed by atoms with Gasteiger partial charge in [-0.3, -0.25) is 4.79 Å². The van der Waals surface area contributed by atoms with Crippen molar-refractivity contribution < 1.29 is 4.79 Å². The first kappa shape index (κ1) is 14.8. The highest BCUT2D eigenvalue weighted by Crippen LogP contribution is 2.24. The predicted molar refractivity (Wildman–Crippen MR) is 84.3 cm³/mol. The molecule has 2 aromatic rings. The monoisotopic (exact) mass is 290 g/mol. The van der Waals surface area contributed by atoms with Crippen molar-refractivity contribution in [2.75, 3.05) is 13.1 Å². The molecule has 0 bridgehead atoms. The highest BCUT2D eigenvalue weighted by molar-refractivity contribution is 6.07. The topological polar surface area (TPSA) is 46.3 Å². The summed E-state index contributed by atoms with van der Waals surface area (Å²) in [6, 6.07) is 14.1. The van der Waals surface area contributed by atoms with Gasteiger partial charge in [0.25, 0.3) is 5.91 Å². The number of amides is 1. The van der Waals surface area contributed by atoms with Crippen molar-refractivity contribution in [1.82, 2.24) is 4.90 Å². The van der Waals surface area contributed by atoms with Crippen LogP contribution in [-0.4, -0.2) is 29.9 Å². The third kappa shape index (κ3) is 2.51. The number of halogens is 1. The molecular formula is C16H19ClN2O. The van der Waals surface area contributed by atoms with Crippen molar-refractivity contribution in [1.29, 1.82) is 0 Å². The molecule has 2 aromatic carbocycles. The lowest BCUT2D eigenvalue weighted by molar-refractivity contribution is 0.0743. The van der Waals surface area contributed by atoms with Crippen molar-refractivity contribution in [3.63, 3.8) is 0 Å². The Labute approximate surface area is 125 Å². The Bertz CT molecular complexity index is 609. The summed E-state index contributed by atoms with van der Waals surface area (Å²) in [6.07, 6.45) is 2.07. The molecule has 1 fully saturated rings. The number of nitrogens with two attached hydrogens (primary N) is 1. The van der Waals surface area contributed by atoms with E-state index in [9.17, 15) is 4.79 Å². The van der Waals surface area contributed by atoms with Crippen LogP contribution in [0.2, 0.25) is 0 Å². The number of rotatable bonds is 2. The van der Waals surface area contributed by atoms with Gasteiger partial charge in [0.2, 0.25) is 0 Å². The van der Waals surface area contributed by atoms with E-state index in [2.05, 4.69) is 0 Å². The van der Waals surface area contributed by atoms with Crippen LogP contribution in [0.15, 0.2) is 42.5 Å². The summed E-state index contributed by atoms with van der Waals surface area (Å²) in [5, 5.41) is 2.13. The predicted octanol–water partition coefficient (Wildman–Crippen LogP) is 2.82. The van der Waals surface area contributed by atoms with Crippen molar-refractivity contribution >= 4 is 29.1 Å². The van der Waals surface area contributed by atoms with Gasteiger partial charge in [0.1, 0.15) is 0 Å². The second-order valence-corrected chi connectivity index (χ2v) is 5.06. The summed E-state index contributed by atoms with van der Waals surface area (Å²) in [7, 11) is 0. The molecule has 1 heterocycles. The molecule has 2 N–H and O–H groups in total. The number of carbonyl (C=O) groups excluding carboxylic acids is 1. The van der Waals surface area contributed by atoms with Crippen LogP contribution in [0, 0.1) is 0 Å². The van der Waals surface area contributed by atoms with Crippen LogP contribution in [0.1, 0.15) is 23.2 Å². The maximum Gasteiger partial charge on any atom is 0.254 e. The quantitative estimate of drug-likeness (QED) is 0.924. The van der Waals surface area contributed by atoms with Crippen LogP contribution in [-0.2, 0) is 0 Å². The zero-order chi connectivity index (χ0) is 13.2. The van der Waals surface area contributed by atoms with E-state index in [1.165, 1.54) is 0 Å². The van der Waals surface area contributed by atoms with E-state index < -0.39 is 0 Å². The first-order valence-electron chi connectivity index (χ1n) is 6.80. The van der Waals surface area contributed by atoms with Crippen molar-refractivity contribution in [2.24, 2.45) is 5.73 Å². The molecule has 4 heteroatoms. The second-order valence-electron chi connectivity index (χ2n) is 5.06. The largest absolute Gasteiger partial charge is 0.334 e. The normalized spacial score (nSPS) is 18.1. The van der Waals surface area contributed by atoms with Crippen LogP contribution >= 0.6 is 12.4 Å². The van der Waals surface area contributed by atoms with E-state index in [0.29, 0.717) is 6.54 Å². The van der Waals surface area contributed by atoms with E-state index >= 15 is 0 Å². The number of fused-ring (bicyclic) bond motifs is 1. The summed E-state index contributed by atoms with van der Waals surface area (Å²) in [5.41, 5.74) is 6.55. The van der Waals surface area contributed by atoms with Gasteiger partial charge in [-0.1, -0.05) is 36.4 Å². The highest BCUT2D eigenvalue weighted by Gasteiger charge is 2.28. The van der Waals surface area contributed by atoms with Crippen LogP contribution in [0.25, 0.3) is 10.8 Å². The summed E-state index contributed by atoms with van der Waals surface area (Å²) in [4.78, 5) is 14.6. The average Bonchev–Trinajstić information content (AvgIpc) is 2.94. The fourth-order valence-corrected chi connectivity index (χ4v) is 2.91. The number of nitrogens with zero attached hydrogens (tertiary/aromatic N) is 1. The minimum atomic E-state index is 0. The second kappa shape index (κ2) is 6.25. The molecule has 106 valence electrons. The lowest BCUT2D eigenvalue weighted by Crippen LogP contribution is -2.39. The van der Waals surface area contributed by atoms with Gasteiger partial charge in [-0.2, -0.15) is 0 Å². The van der Waals surface area contributed by atoms with Crippen molar-refractivity contribution in [2.45, 2.75) is 18.9 Å². The Hall–Kier alpha value is -1.58. The Balaban J connectivity index is 0.00000147. The molecule has 0 spiro atoms. The van der Waals surface area contributed by atoms with E-state index in [4.69, 9.17) is 5.73 Å². The van der Waals surface area contributed by atoms with Gasteiger partial charge < -0.3 is 10.6 Å². The van der Waals surface area contributed by atoms with E-state index in [-0.39, 0.29) is 24.4 Å². The molecular weight excluding hydrogens is 272 g/mol. The first-order chi connectivity index (χ1) is 9.31. The standard InChI is InChI=1S/C16H18N2O.ClH/c17-11-13-7-4-10-18(13)16(19)15-9-3-6-12-5-1-2-8-14(12)15;/h1-3,5-6,8-9,13H,4,7,10-11,17H2;1H. The van der Waals surface area contributed by atoms with Crippen molar-refractivity contribution in [3.05, 3.63) is 48.0 Å². The Kier molecular flexibility index (Phi) is 4.63. The summed E-state index contributed by atoms with van der Waals surface area (Å²) >= 11 is 0. The van der Waals surface area contributed by atoms with Crippen LogP contribution in [0.4, 0.5) is 0 Å². The maximum absolute atomic E-state index is 12.7. The molecule has 0 saturated carbocycles. The molecule has 1 saturated heterocycles. The molecule has 1 aliphatic heterocycles. The minimum absolute atomic E-state index is 0. The fourth-order valence-electron chi connectivity index (χ4n) is 2.91. The minimum Gasteiger partial charge on any atom is -0.334 e. The lowest BCUT2D eigenvalue weighted by Gasteiger charge is -2.24. The lowest BCUT2D eigenvalue weighted by atomic mass is 10.0. The van der Waals surface area contributed by atoms with Crippen molar-refractivity contribution in [3.8, 4) is 0 Å². The van der Waals surface area contributed by atoms with E-state index in [1.807, 2.05) is 47.4 Å². The highest BCUT2D eigenvalue weighted by atomic mass is 35.5. The molecule has 0 aliphatic carbocycles. The smallest absolute Gasteiger partial charge is 0.254 e. The molecule has 1 aliphatic rings. The zero-order valence-electron chi connectivity index (χ0n) is 11.3. The Morgan fingerprint density at radius 2 is 1.95 bits per heavy atom. The molecule has 3 rings (SSSR count). The van der Waals surface area contributed by atoms with E-state index in [1.54, 1.807) is 0 Å². The van der Waals surface area contributed by atoms with Gasteiger partial charge in [-0.25, -0.2) is 0 Å². The van der Waals surface area contributed by atoms with Crippen LogP contribution < -0.4 is 5.73 Å². The molecule has 0 aromatic heterocycles. The van der Waals surface area contributed by atoms with E-state index in [0.717, 1.165) is 35.7 Å². The molecule has 0 radical (unpaired) electrons. The van der Waals surface area contributed by atoms with Gasteiger partial charge in [0.05, 0.1) is 0 Å². The maximum atomic E-state index is 12.7. The van der Waals surface area contributed by atoms with Crippen LogP contribution in [0.5, 0.6) is 0 Å². The van der Waals surface area contributed by atoms with Gasteiger partial charge in [-0.05, 0) is 29.7 Å². The van der Waals surface area contributed by atoms with Gasteiger partial charge in [0, 0.05) is 24.7 Å². The molecule has 3 nitrogen and oxygen atoms in total. The molecule has 1 atom stereocenters. The summed E-state index contributed by atoms with van der Waals surface area (Å²) in [6.45, 7) is 1.38. The first-order valence-corrected chi connectivity index (χ1v) is 6.80. The molecule has 1 amide bonds. The fraction of sp³-hybridized carbons (Fsp3) is 0.312.